The molecule has 0 spiro atoms. The Bertz CT molecular complexity index is 405. The van der Waals surface area contributed by atoms with Crippen molar-refractivity contribution in [1.82, 2.24) is 5.32 Å². The maximum Gasteiger partial charge on any atom is 0.120 e. The van der Waals surface area contributed by atoms with E-state index in [2.05, 4.69) is 25.4 Å². The monoisotopic (exact) mass is 331 g/mol. The van der Waals surface area contributed by atoms with Gasteiger partial charge in [-0.05, 0) is 37.3 Å². The third kappa shape index (κ3) is 6.47. The Morgan fingerprint density at radius 1 is 1.38 bits per heavy atom. The van der Waals surface area contributed by atoms with Gasteiger partial charge in [0.2, 0.25) is 0 Å². The third-order valence-corrected chi connectivity index (χ3v) is 5.61. The van der Waals surface area contributed by atoms with E-state index in [1.807, 2.05) is 23.9 Å². The quantitative estimate of drug-likeness (QED) is 0.687. The van der Waals surface area contributed by atoms with Crippen LogP contribution in [0.25, 0.3) is 0 Å². The molecular formula is C16H26ClNO2S. The van der Waals surface area contributed by atoms with Gasteiger partial charge < -0.3 is 15.2 Å². The zero-order chi connectivity index (χ0) is 15.7. The molecule has 0 heterocycles. The van der Waals surface area contributed by atoms with Crippen molar-refractivity contribution >= 4 is 23.4 Å². The topological polar surface area (TPSA) is 41.5 Å². The second kappa shape index (κ2) is 9.57. The first kappa shape index (κ1) is 18.6. The molecule has 0 radical (unpaired) electrons. The Morgan fingerprint density at radius 3 is 2.67 bits per heavy atom. The highest BCUT2D eigenvalue weighted by atomic mass is 35.5. The van der Waals surface area contributed by atoms with Gasteiger partial charge in [-0.3, -0.25) is 0 Å². The van der Waals surface area contributed by atoms with Crippen LogP contribution in [0.15, 0.2) is 24.3 Å². The van der Waals surface area contributed by atoms with Crippen molar-refractivity contribution in [2.75, 3.05) is 26.0 Å². The van der Waals surface area contributed by atoms with E-state index in [0.717, 1.165) is 19.4 Å². The van der Waals surface area contributed by atoms with Crippen molar-refractivity contribution in [3.63, 3.8) is 0 Å². The van der Waals surface area contributed by atoms with E-state index in [1.165, 1.54) is 0 Å². The van der Waals surface area contributed by atoms with Crippen molar-refractivity contribution in [2.45, 2.75) is 37.5 Å². The third-order valence-electron chi connectivity index (χ3n) is 3.79. The first-order chi connectivity index (χ1) is 10.0. The lowest BCUT2D eigenvalue weighted by atomic mass is 10.0. The summed E-state index contributed by atoms with van der Waals surface area (Å²) >= 11 is 7.78. The number of aliphatic hydroxyl groups excluding tert-OH is 1. The molecule has 120 valence electrons. The van der Waals surface area contributed by atoms with E-state index in [4.69, 9.17) is 16.3 Å². The average Bonchev–Trinajstić information content (AvgIpc) is 2.50. The predicted molar refractivity (Wildman–Crippen MR) is 92.7 cm³/mol. The fourth-order valence-electron chi connectivity index (χ4n) is 2.14. The van der Waals surface area contributed by atoms with Crippen molar-refractivity contribution in [2.24, 2.45) is 0 Å². The summed E-state index contributed by atoms with van der Waals surface area (Å²) < 4.78 is 5.79. The molecule has 1 unspecified atom stereocenters. The minimum absolute atomic E-state index is 0.257. The lowest BCUT2D eigenvalue weighted by Crippen LogP contribution is -2.41. The first-order valence-electron chi connectivity index (χ1n) is 7.37. The van der Waals surface area contributed by atoms with E-state index in [1.54, 1.807) is 12.1 Å². The predicted octanol–water partition coefficient (Wildman–Crippen LogP) is 3.59. The minimum Gasteiger partial charge on any atom is -0.491 e. The summed E-state index contributed by atoms with van der Waals surface area (Å²) in [5.74, 6) is 0.683. The van der Waals surface area contributed by atoms with Crippen LogP contribution in [-0.2, 0) is 0 Å². The number of halogens is 1. The molecule has 1 aromatic rings. The molecule has 0 aliphatic carbocycles. The first-order valence-corrected chi connectivity index (χ1v) is 8.97. The van der Waals surface area contributed by atoms with Crippen LogP contribution in [0, 0.1) is 0 Å². The van der Waals surface area contributed by atoms with Gasteiger partial charge in [-0.15, -0.1) is 0 Å². The van der Waals surface area contributed by atoms with Crippen LogP contribution < -0.4 is 10.1 Å². The summed E-state index contributed by atoms with van der Waals surface area (Å²) in [6.45, 7) is 6.11. The molecule has 0 saturated carbocycles. The zero-order valence-corrected chi connectivity index (χ0v) is 14.6. The van der Waals surface area contributed by atoms with Crippen molar-refractivity contribution < 1.29 is 9.84 Å². The number of benzene rings is 1. The average molecular weight is 332 g/mol. The van der Waals surface area contributed by atoms with Gasteiger partial charge in [-0.2, -0.15) is 11.8 Å². The SMILES string of the molecule is CCC(CC)(CNCC(O)COc1cccc(Cl)c1)SC. The number of rotatable bonds is 10. The lowest BCUT2D eigenvalue weighted by Gasteiger charge is -2.30. The molecule has 1 aromatic carbocycles. The Balaban J connectivity index is 2.29. The van der Waals surface area contributed by atoms with Crippen molar-refractivity contribution in [3.05, 3.63) is 29.3 Å². The molecule has 0 amide bonds. The lowest BCUT2D eigenvalue weighted by molar-refractivity contribution is 0.106. The van der Waals surface area contributed by atoms with E-state index < -0.39 is 6.10 Å². The summed E-state index contributed by atoms with van der Waals surface area (Å²) in [5, 5.41) is 14.0. The van der Waals surface area contributed by atoms with Crippen LogP contribution in [0.3, 0.4) is 0 Å². The van der Waals surface area contributed by atoms with Gasteiger partial charge in [-0.25, -0.2) is 0 Å². The summed E-state index contributed by atoms with van der Waals surface area (Å²) in [4.78, 5) is 0. The van der Waals surface area contributed by atoms with E-state index >= 15 is 0 Å². The summed E-state index contributed by atoms with van der Waals surface area (Å²) in [5.41, 5.74) is 0. The second-order valence-electron chi connectivity index (χ2n) is 5.15. The molecule has 5 heteroatoms. The van der Waals surface area contributed by atoms with Crippen molar-refractivity contribution in [3.8, 4) is 5.75 Å². The van der Waals surface area contributed by atoms with Crippen LogP contribution in [0.1, 0.15) is 26.7 Å². The Hall–Kier alpha value is -0.420. The van der Waals surface area contributed by atoms with Crippen LogP contribution in [0.4, 0.5) is 0 Å². The van der Waals surface area contributed by atoms with Gasteiger partial charge in [0.1, 0.15) is 18.5 Å². The number of hydrogen-bond donors (Lipinski definition) is 2. The normalized spacial score (nSPS) is 13.2. The van der Waals surface area contributed by atoms with Gasteiger partial charge in [0, 0.05) is 22.9 Å². The molecule has 21 heavy (non-hydrogen) atoms. The number of nitrogens with one attached hydrogen (secondary N) is 1. The summed E-state index contributed by atoms with van der Waals surface area (Å²) in [6.07, 6.45) is 3.85. The molecule has 0 aliphatic rings. The van der Waals surface area contributed by atoms with E-state index in [0.29, 0.717) is 17.3 Å². The second-order valence-corrected chi connectivity index (χ2v) is 6.86. The van der Waals surface area contributed by atoms with Gasteiger partial charge in [0.25, 0.3) is 0 Å². The van der Waals surface area contributed by atoms with Crippen LogP contribution in [-0.4, -0.2) is 41.9 Å². The van der Waals surface area contributed by atoms with Gasteiger partial charge in [-0.1, -0.05) is 31.5 Å². The van der Waals surface area contributed by atoms with Gasteiger partial charge in [0.05, 0.1) is 0 Å². The fraction of sp³-hybridized carbons (Fsp3) is 0.625. The maximum atomic E-state index is 9.97. The molecule has 0 bridgehead atoms. The summed E-state index contributed by atoms with van der Waals surface area (Å²) in [6, 6.07) is 7.20. The molecule has 1 atom stereocenters. The smallest absolute Gasteiger partial charge is 0.120 e. The summed E-state index contributed by atoms with van der Waals surface area (Å²) in [7, 11) is 0. The van der Waals surface area contributed by atoms with Crippen LogP contribution >= 0.6 is 23.4 Å². The van der Waals surface area contributed by atoms with E-state index in [-0.39, 0.29) is 11.4 Å². The van der Waals surface area contributed by atoms with E-state index in [9.17, 15) is 5.11 Å². The van der Waals surface area contributed by atoms with Crippen LogP contribution in [0.2, 0.25) is 5.02 Å². The molecule has 1 rings (SSSR count). The minimum atomic E-state index is -0.530. The van der Waals surface area contributed by atoms with Gasteiger partial charge >= 0.3 is 0 Å². The molecule has 2 N–H and O–H groups in total. The molecule has 0 aliphatic heterocycles. The number of ether oxygens (including phenoxy) is 1. The zero-order valence-electron chi connectivity index (χ0n) is 13.1. The molecule has 0 saturated heterocycles. The number of thioether (sulfide) groups is 1. The highest BCUT2D eigenvalue weighted by molar-refractivity contribution is 8.00. The number of hydrogen-bond acceptors (Lipinski definition) is 4. The Kier molecular flexibility index (Phi) is 8.49. The number of aliphatic hydroxyl groups is 1. The molecule has 0 fully saturated rings. The highest BCUT2D eigenvalue weighted by Crippen LogP contribution is 2.29. The largest absolute Gasteiger partial charge is 0.491 e. The highest BCUT2D eigenvalue weighted by Gasteiger charge is 2.24. The molecule has 3 nitrogen and oxygen atoms in total. The molecular weight excluding hydrogens is 306 g/mol. The Labute approximate surface area is 137 Å². The molecule has 0 aromatic heterocycles. The van der Waals surface area contributed by atoms with Gasteiger partial charge in [0.15, 0.2) is 0 Å². The Morgan fingerprint density at radius 2 is 2.10 bits per heavy atom. The van der Waals surface area contributed by atoms with Crippen LogP contribution in [0.5, 0.6) is 5.75 Å². The fourth-order valence-corrected chi connectivity index (χ4v) is 3.14. The van der Waals surface area contributed by atoms with Crippen molar-refractivity contribution in [1.29, 1.82) is 0 Å². The maximum absolute atomic E-state index is 9.97. The standard InChI is InChI=1S/C16H26ClNO2S/c1-4-16(5-2,21-3)12-18-10-14(19)11-20-15-8-6-7-13(17)9-15/h6-9,14,18-19H,4-5,10-12H2,1-3H3.